The standard InChI is InChI=1S/C24H22N2O4S/c1-15-3-7-20(11-16(15)2)31-19-8-5-18(6-9-19)26-23(27)13-25-24(28)17-4-10-21-22(12-17)30-14-29-21/h3-12H,13-14H2,1-2H3,(H,25,28)(H,26,27). The van der Waals surface area contributed by atoms with Crippen molar-refractivity contribution in [1.29, 1.82) is 0 Å². The van der Waals surface area contributed by atoms with Gasteiger partial charge < -0.3 is 20.1 Å². The normalized spacial score (nSPS) is 11.8. The van der Waals surface area contributed by atoms with Crippen molar-refractivity contribution in [2.75, 3.05) is 18.7 Å². The molecule has 1 aliphatic rings. The van der Waals surface area contributed by atoms with Gasteiger partial charge in [0, 0.05) is 21.0 Å². The summed E-state index contributed by atoms with van der Waals surface area (Å²) in [5.74, 6) is 0.474. The van der Waals surface area contributed by atoms with Crippen LogP contribution >= 0.6 is 11.8 Å². The minimum absolute atomic E-state index is 0.133. The molecule has 0 aromatic heterocycles. The average molecular weight is 435 g/mol. The summed E-state index contributed by atoms with van der Waals surface area (Å²) in [5.41, 5.74) is 3.61. The molecule has 0 atom stereocenters. The molecule has 0 spiro atoms. The number of rotatable bonds is 6. The Hall–Kier alpha value is -3.45. The minimum Gasteiger partial charge on any atom is -0.454 e. The van der Waals surface area contributed by atoms with Gasteiger partial charge in [-0.3, -0.25) is 9.59 Å². The maximum absolute atomic E-state index is 12.3. The van der Waals surface area contributed by atoms with Crippen molar-refractivity contribution in [3.05, 3.63) is 77.4 Å². The van der Waals surface area contributed by atoms with Gasteiger partial charge in [-0.1, -0.05) is 17.8 Å². The molecule has 0 saturated carbocycles. The summed E-state index contributed by atoms with van der Waals surface area (Å²) in [6.07, 6.45) is 0. The topological polar surface area (TPSA) is 76.7 Å². The monoisotopic (exact) mass is 434 g/mol. The number of hydrogen-bond acceptors (Lipinski definition) is 5. The van der Waals surface area contributed by atoms with Crippen LogP contribution in [0.3, 0.4) is 0 Å². The highest BCUT2D eigenvalue weighted by molar-refractivity contribution is 7.99. The van der Waals surface area contributed by atoms with Gasteiger partial charge in [0.25, 0.3) is 5.91 Å². The first-order valence-corrected chi connectivity index (χ1v) is 10.6. The first kappa shape index (κ1) is 20.8. The van der Waals surface area contributed by atoms with Crippen LogP contribution in [-0.2, 0) is 4.79 Å². The van der Waals surface area contributed by atoms with Crippen LogP contribution in [0.2, 0.25) is 0 Å². The van der Waals surface area contributed by atoms with Gasteiger partial charge in [0.05, 0.1) is 6.54 Å². The maximum atomic E-state index is 12.3. The highest BCUT2D eigenvalue weighted by Gasteiger charge is 2.16. The number of carbonyl (C=O) groups is 2. The Kier molecular flexibility index (Phi) is 6.13. The lowest BCUT2D eigenvalue weighted by Crippen LogP contribution is -2.32. The van der Waals surface area contributed by atoms with E-state index in [1.807, 2.05) is 24.3 Å². The fraction of sp³-hybridized carbons (Fsp3) is 0.167. The highest BCUT2D eigenvalue weighted by Crippen LogP contribution is 2.32. The van der Waals surface area contributed by atoms with Crippen LogP contribution in [0.4, 0.5) is 5.69 Å². The molecule has 3 aromatic carbocycles. The molecule has 6 nitrogen and oxygen atoms in total. The fourth-order valence-electron chi connectivity index (χ4n) is 3.03. The Morgan fingerprint density at radius 3 is 2.39 bits per heavy atom. The quantitative estimate of drug-likeness (QED) is 0.595. The van der Waals surface area contributed by atoms with E-state index < -0.39 is 0 Å². The number of anilines is 1. The molecule has 0 radical (unpaired) electrons. The first-order valence-electron chi connectivity index (χ1n) is 9.81. The number of carbonyl (C=O) groups excluding carboxylic acids is 2. The Morgan fingerprint density at radius 1 is 0.871 bits per heavy atom. The third kappa shape index (κ3) is 5.19. The largest absolute Gasteiger partial charge is 0.454 e. The van der Waals surface area contributed by atoms with Gasteiger partial charge in [0.2, 0.25) is 12.7 Å². The summed E-state index contributed by atoms with van der Waals surface area (Å²) in [4.78, 5) is 26.7. The van der Waals surface area contributed by atoms with E-state index in [0.717, 1.165) is 4.90 Å². The van der Waals surface area contributed by atoms with Gasteiger partial charge in [-0.25, -0.2) is 0 Å². The summed E-state index contributed by atoms with van der Waals surface area (Å²) < 4.78 is 10.5. The third-order valence-corrected chi connectivity index (χ3v) is 5.89. The molecule has 0 unspecified atom stereocenters. The number of fused-ring (bicyclic) bond motifs is 1. The first-order chi connectivity index (χ1) is 15.0. The molecule has 7 heteroatoms. The molecule has 31 heavy (non-hydrogen) atoms. The second-order valence-electron chi connectivity index (χ2n) is 7.17. The molecule has 2 N–H and O–H groups in total. The van der Waals surface area contributed by atoms with Gasteiger partial charge in [-0.05, 0) is 79.6 Å². The van der Waals surface area contributed by atoms with Crippen molar-refractivity contribution in [3.63, 3.8) is 0 Å². The van der Waals surface area contributed by atoms with Crippen LogP contribution in [0.5, 0.6) is 11.5 Å². The van der Waals surface area contributed by atoms with E-state index >= 15 is 0 Å². The van der Waals surface area contributed by atoms with E-state index in [1.54, 1.807) is 30.0 Å². The van der Waals surface area contributed by atoms with E-state index in [9.17, 15) is 9.59 Å². The Bertz CT molecular complexity index is 1130. The molecule has 0 bridgehead atoms. The molecule has 0 aliphatic carbocycles. The second-order valence-corrected chi connectivity index (χ2v) is 8.32. The lowest BCUT2D eigenvalue weighted by Gasteiger charge is -2.09. The minimum atomic E-state index is -0.353. The summed E-state index contributed by atoms with van der Waals surface area (Å²) in [7, 11) is 0. The van der Waals surface area contributed by atoms with Crippen molar-refractivity contribution in [2.45, 2.75) is 23.6 Å². The highest BCUT2D eigenvalue weighted by atomic mass is 32.2. The van der Waals surface area contributed by atoms with Gasteiger partial charge in [-0.15, -0.1) is 0 Å². The second kappa shape index (κ2) is 9.14. The summed E-state index contributed by atoms with van der Waals surface area (Å²) >= 11 is 1.67. The van der Waals surface area contributed by atoms with Crippen molar-refractivity contribution in [1.82, 2.24) is 5.32 Å². The van der Waals surface area contributed by atoms with Gasteiger partial charge in [-0.2, -0.15) is 0 Å². The molecule has 1 heterocycles. The molecule has 0 fully saturated rings. The van der Waals surface area contributed by atoms with Crippen LogP contribution in [0, 0.1) is 13.8 Å². The smallest absolute Gasteiger partial charge is 0.251 e. The zero-order chi connectivity index (χ0) is 21.8. The van der Waals surface area contributed by atoms with Crippen molar-refractivity contribution in [3.8, 4) is 11.5 Å². The predicted molar refractivity (Wildman–Crippen MR) is 120 cm³/mol. The molecule has 0 saturated heterocycles. The van der Waals surface area contributed by atoms with Crippen LogP contribution in [0.15, 0.2) is 70.5 Å². The third-order valence-electron chi connectivity index (χ3n) is 4.90. The Morgan fingerprint density at radius 2 is 1.61 bits per heavy atom. The summed E-state index contributed by atoms with van der Waals surface area (Å²) in [5, 5.41) is 5.40. The molecule has 3 aromatic rings. The SMILES string of the molecule is Cc1ccc(Sc2ccc(NC(=O)CNC(=O)c3ccc4c(c3)OCO4)cc2)cc1C. The van der Waals surface area contributed by atoms with Crippen molar-refractivity contribution >= 4 is 29.3 Å². The molecule has 1 aliphatic heterocycles. The van der Waals surface area contributed by atoms with Gasteiger partial charge in [0.15, 0.2) is 11.5 Å². The zero-order valence-corrected chi connectivity index (χ0v) is 18.0. The van der Waals surface area contributed by atoms with E-state index in [-0.39, 0.29) is 25.2 Å². The number of amides is 2. The predicted octanol–water partition coefficient (Wildman–Crippen LogP) is 4.55. The van der Waals surface area contributed by atoms with Gasteiger partial charge >= 0.3 is 0 Å². The number of aryl methyl sites for hydroxylation is 2. The van der Waals surface area contributed by atoms with Crippen LogP contribution in [0.1, 0.15) is 21.5 Å². The maximum Gasteiger partial charge on any atom is 0.251 e. The van der Waals surface area contributed by atoms with E-state index in [4.69, 9.17) is 9.47 Å². The van der Waals surface area contributed by atoms with Crippen LogP contribution < -0.4 is 20.1 Å². The van der Waals surface area contributed by atoms with E-state index in [2.05, 4.69) is 42.7 Å². The Labute approximate surface area is 185 Å². The average Bonchev–Trinajstić information content (AvgIpc) is 3.24. The number of nitrogens with one attached hydrogen (secondary N) is 2. The van der Waals surface area contributed by atoms with E-state index in [1.165, 1.54) is 16.0 Å². The fourth-order valence-corrected chi connectivity index (χ4v) is 3.94. The number of ether oxygens (including phenoxy) is 2. The Balaban J connectivity index is 1.28. The summed E-state index contributed by atoms with van der Waals surface area (Å²) in [6, 6.07) is 18.9. The molecular weight excluding hydrogens is 412 g/mol. The van der Waals surface area contributed by atoms with Gasteiger partial charge in [0.1, 0.15) is 0 Å². The van der Waals surface area contributed by atoms with Crippen LogP contribution in [-0.4, -0.2) is 25.2 Å². The molecule has 158 valence electrons. The molecule has 4 rings (SSSR count). The van der Waals surface area contributed by atoms with Crippen molar-refractivity contribution in [2.24, 2.45) is 0 Å². The summed E-state index contributed by atoms with van der Waals surface area (Å²) in [6.45, 7) is 4.21. The number of hydrogen-bond donors (Lipinski definition) is 2. The number of benzene rings is 3. The van der Waals surface area contributed by atoms with Crippen molar-refractivity contribution < 1.29 is 19.1 Å². The lowest BCUT2D eigenvalue weighted by molar-refractivity contribution is -0.115. The van der Waals surface area contributed by atoms with Crippen LogP contribution in [0.25, 0.3) is 0 Å². The van der Waals surface area contributed by atoms with E-state index in [0.29, 0.717) is 22.7 Å². The molecular formula is C24H22N2O4S. The molecule has 2 amide bonds. The lowest BCUT2D eigenvalue weighted by atomic mass is 10.1. The zero-order valence-electron chi connectivity index (χ0n) is 17.2.